The first kappa shape index (κ1) is 18.4. The van der Waals surface area contributed by atoms with Crippen molar-refractivity contribution >= 4 is 12.3 Å². The van der Waals surface area contributed by atoms with Gasteiger partial charge in [0.15, 0.2) is 6.61 Å². The molecule has 0 radical (unpaired) electrons. The van der Waals surface area contributed by atoms with E-state index in [-0.39, 0.29) is 6.61 Å². The quantitative estimate of drug-likeness (QED) is 0.443. The Kier molecular flexibility index (Phi) is 5.99. The molecular weight excluding hydrogens is 345 g/mol. The Labute approximate surface area is 157 Å². The zero-order valence-electron chi connectivity index (χ0n) is 15.2. The lowest BCUT2D eigenvalue weighted by molar-refractivity contribution is 0.155. The summed E-state index contributed by atoms with van der Waals surface area (Å²) in [6, 6.07) is 18.6. The number of halogens is 1. The third-order valence-electron chi connectivity index (χ3n) is 3.75. The molecule has 0 saturated heterocycles. The van der Waals surface area contributed by atoms with Crippen LogP contribution in [0.2, 0.25) is 0 Å². The van der Waals surface area contributed by atoms with Crippen molar-refractivity contribution in [1.29, 1.82) is 0 Å². The normalized spacial score (nSPS) is 11.7. The Bertz CT molecular complexity index is 935. The van der Waals surface area contributed by atoms with Crippen molar-refractivity contribution in [2.75, 3.05) is 6.61 Å². The topological polar surface area (TPSA) is 48.6 Å². The molecule has 0 saturated carbocycles. The zero-order valence-corrected chi connectivity index (χ0v) is 15.2. The molecule has 0 bridgehead atoms. The highest BCUT2D eigenvalue weighted by Gasteiger charge is 2.14. The Morgan fingerprint density at radius 2 is 1.78 bits per heavy atom. The summed E-state index contributed by atoms with van der Waals surface area (Å²) in [5.74, 6) is 0.807. The fraction of sp³-hybridized carbons (Fsp3) is 0.143. The lowest BCUT2D eigenvalue weighted by Gasteiger charge is -2.06. The van der Waals surface area contributed by atoms with E-state index in [1.54, 1.807) is 11.7 Å². The number of hydrogen-bond donors (Lipinski definition) is 0. The summed E-state index contributed by atoms with van der Waals surface area (Å²) in [5, 5.41) is 8.20. The maximum absolute atomic E-state index is 13.9. The van der Waals surface area contributed by atoms with Crippen LogP contribution in [-0.4, -0.2) is 22.6 Å². The van der Waals surface area contributed by atoms with Gasteiger partial charge in [0.2, 0.25) is 5.88 Å². The highest BCUT2D eigenvalue weighted by molar-refractivity contribution is 5.84. The molecule has 5 nitrogen and oxygen atoms in total. The highest BCUT2D eigenvalue weighted by atomic mass is 19.1. The first-order valence-electron chi connectivity index (χ1n) is 8.46. The average Bonchev–Trinajstić information content (AvgIpc) is 2.93. The minimum atomic E-state index is -0.415. The van der Waals surface area contributed by atoms with Crippen LogP contribution in [0.4, 0.5) is 4.39 Å². The molecule has 0 unspecified atom stereocenters. The molecule has 0 spiro atoms. The number of para-hydroxylation sites is 1. The van der Waals surface area contributed by atoms with Gasteiger partial charge in [-0.2, -0.15) is 5.10 Å². The molecule has 3 rings (SSSR count). The summed E-state index contributed by atoms with van der Waals surface area (Å²) < 4.78 is 21.4. The third-order valence-corrected chi connectivity index (χ3v) is 3.75. The molecule has 0 amide bonds. The number of oxime groups is 1. The summed E-state index contributed by atoms with van der Waals surface area (Å²) in [7, 11) is 1.78. The fourth-order valence-electron chi connectivity index (χ4n) is 2.48. The number of rotatable bonds is 7. The molecule has 138 valence electrons. The van der Waals surface area contributed by atoms with Crippen molar-refractivity contribution in [2.24, 2.45) is 12.2 Å². The van der Waals surface area contributed by atoms with Crippen LogP contribution in [0, 0.1) is 6.92 Å². The van der Waals surface area contributed by atoms with Crippen molar-refractivity contribution in [1.82, 2.24) is 9.78 Å². The van der Waals surface area contributed by atoms with Crippen molar-refractivity contribution in [2.45, 2.75) is 6.92 Å². The number of aromatic nitrogens is 2. The van der Waals surface area contributed by atoms with Gasteiger partial charge >= 0.3 is 0 Å². The molecule has 27 heavy (non-hydrogen) atoms. The van der Waals surface area contributed by atoms with E-state index in [0.29, 0.717) is 17.2 Å². The van der Waals surface area contributed by atoms with Crippen molar-refractivity contribution < 1.29 is 14.0 Å². The second-order valence-corrected chi connectivity index (χ2v) is 5.85. The van der Waals surface area contributed by atoms with Crippen LogP contribution >= 0.6 is 0 Å². The van der Waals surface area contributed by atoms with Gasteiger partial charge < -0.3 is 9.57 Å². The van der Waals surface area contributed by atoms with Crippen LogP contribution in [0.25, 0.3) is 6.08 Å². The molecule has 0 aliphatic rings. The third kappa shape index (κ3) is 5.04. The lowest BCUT2D eigenvalue weighted by Crippen LogP contribution is -1.97. The van der Waals surface area contributed by atoms with Crippen molar-refractivity contribution in [3.63, 3.8) is 0 Å². The van der Waals surface area contributed by atoms with Crippen LogP contribution in [0.3, 0.4) is 0 Å². The van der Waals surface area contributed by atoms with Crippen LogP contribution in [-0.2, 0) is 11.9 Å². The maximum Gasteiger partial charge on any atom is 0.226 e. The van der Waals surface area contributed by atoms with Gasteiger partial charge in [-0.1, -0.05) is 53.7 Å². The second kappa shape index (κ2) is 8.80. The smallest absolute Gasteiger partial charge is 0.226 e. The molecule has 6 heteroatoms. The molecule has 1 aromatic heterocycles. The van der Waals surface area contributed by atoms with Gasteiger partial charge in [0.1, 0.15) is 11.6 Å². The van der Waals surface area contributed by atoms with Gasteiger partial charge in [0, 0.05) is 7.05 Å². The number of benzene rings is 2. The number of ether oxygens (including phenoxy) is 1. The minimum absolute atomic E-state index is 0.250. The monoisotopic (exact) mass is 365 g/mol. The minimum Gasteiger partial charge on any atom is -0.439 e. The molecule has 0 atom stereocenters. The van der Waals surface area contributed by atoms with E-state index in [1.165, 1.54) is 12.3 Å². The van der Waals surface area contributed by atoms with Gasteiger partial charge in [0.25, 0.3) is 0 Å². The molecule has 0 aliphatic heterocycles. The van der Waals surface area contributed by atoms with E-state index in [0.717, 1.165) is 11.3 Å². The fourth-order valence-corrected chi connectivity index (χ4v) is 2.48. The number of nitrogens with zero attached hydrogens (tertiary/aromatic N) is 3. The van der Waals surface area contributed by atoms with Gasteiger partial charge in [-0.25, -0.2) is 9.07 Å². The summed E-state index contributed by atoms with van der Waals surface area (Å²) in [6.45, 7) is 1.59. The van der Waals surface area contributed by atoms with Gasteiger partial charge in [0.05, 0.1) is 17.5 Å². The Morgan fingerprint density at radius 1 is 1.11 bits per heavy atom. The number of hydrogen-bond acceptors (Lipinski definition) is 4. The van der Waals surface area contributed by atoms with Crippen LogP contribution < -0.4 is 4.74 Å². The molecule has 2 aromatic carbocycles. The highest BCUT2D eigenvalue weighted by Crippen LogP contribution is 2.25. The van der Waals surface area contributed by atoms with Gasteiger partial charge in [-0.05, 0) is 30.7 Å². The van der Waals surface area contributed by atoms with Gasteiger partial charge in [-0.3, -0.25) is 0 Å². The standard InChI is InChI=1S/C21H20FN3O2/c1-16-20(21(25(2)24-16)27-19-11-7-4-8-12-19)14-23-26-15-18(22)13-17-9-5-3-6-10-17/h3-14H,15H2,1-2H3. The SMILES string of the molecule is Cc1nn(C)c(Oc2ccccc2)c1C=NOCC(F)=Cc1ccccc1. The Balaban J connectivity index is 1.66. The average molecular weight is 365 g/mol. The summed E-state index contributed by atoms with van der Waals surface area (Å²) >= 11 is 0. The molecule has 0 N–H and O–H groups in total. The molecule has 3 aromatic rings. The van der Waals surface area contributed by atoms with Crippen molar-refractivity contribution in [3.05, 3.63) is 83.3 Å². The van der Waals surface area contributed by atoms with Gasteiger partial charge in [-0.15, -0.1) is 0 Å². The Hall–Kier alpha value is -3.41. The predicted molar refractivity (Wildman–Crippen MR) is 104 cm³/mol. The lowest BCUT2D eigenvalue weighted by atomic mass is 10.2. The van der Waals surface area contributed by atoms with Crippen LogP contribution in [0.5, 0.6) is 11.6 Å². The molecule has 0 fully saturated rings. The first-order chi connectivity index (χ1) is 13.1. The second-order valence-electron chi connectivity index (χ2n) is 5.85. The summed E-state index contributed by atoms with van der Waals surface area (Å²) in [6.07, 6.45) is 2.89. The van der Waals surface area contributed by atoms with E-state index in [9.17, 15) is 4.39 Å². The van der Waals surface area contributed by atoms with Crippen LogP contribution in [0.15, 0.2) is 71.6 Å². The van der Waals surface area contributed by atoms with Crippen molar-refractivity contribution in [3.8, 4) is 11.6 Å². The van der Waals surface area contributed by atoms with E-state index in [2.05, 4.69) is 10.3 Å². The molecule has 0 aliphatic carbocycles. The Morgan fingerprint density at radius 3 is 2.48 bits per heavy atom. The summed E-state index contributed by atoms with van der Waals surface area (Å²) in [5.41, 5.74) is 2.18. The van der Waals surface area contributed by atoms with E-state index >= 15 is 0 Å². The van der Waals surface area contributed by atoms with E-state index in [1.807, 2.05) is 67.6 Å². The number of aryl methyl sites for hydroxylation is 2. The summed E-state index contributed by atoms with van der Waals surface area (Å²) in [4.78, 5) is 5.07. The first-order valence-corrected chi connectivity index (χ1v) is 8.46. The van der Waals surface area contributed by atoms with Crippen LogP contribution in [0.1, 0.15) is 16.8 Å². The predicted octanol–water partition coefficient (Wildman–Crippen LogP) is 4.88. The molecular formula is C21H20FN3O2. The van der Waals surface area contributed by atoms with E-state index in [4.69, 9.17) is 9.57 Å². The maximum atomic E-state index is 13.9. The molecule has 1 heterocycles. The van der Waals surface area contributed by atoms with E-state index < -0.39 is 5.83 Å². The zero-order chi connectivity index (χ0) is 19.1. The largest absolute Gasteiger partial charge is 0.439 e.